The highest BCUT2D eigenvalue weighted by Crippen LogP contribution is 2.28. The lowest BCUT2D eigenvalue weighted by Gasteiger charge is -2.30. The average molecular weight is 426 g/mol. The minimum Gasteiger partial charge on any atom is -0.341 e. The zero-order valence-electron chi connectivity index (χ0n) is 14.4. The highest BCUT2D eigenvalue weighted by atomic mass is 79.9. The molecule has 0 bridgehead atoms. The van der Waals surface area contributed by atoms with Crippen LogP contribution in [0.25, 0.3) is 11.5 Å². The highest BCUT2D eigenvalue weighted by molar-refractivity contribution is 9.10. The number of hydrogen-bond acceptors (Lipinski definition) is 7. The number of piperidine rings is 1. The molecule has 4 aromatic heterocycles. The third-order valence-electron chi connectivity index (χ3n) is 4.76. The predicted octanol–water partition coefficient (Wildman–Crippen LogP) is 2.25. The van der Waals surface area contributed by atoms with Gasteiger partial charge in [-0.2, -0.15) is 9.61 Å². The van der Waals surface area contributed by atoms with Gasteiger partial charge in [0.25, 0.3) is 0 Å². The topological polar surface area (TPSA) is 89.9 Å². The van der Waals surface area contributed by atoms with Crippen LogP contribution in [0.15, 0.2) is 47.5 Å². The van der Waals surface area contributed by atoms with Gasteiger partial charge in [0.05, 0.1) is 4.47 Å². The normalized spacial score (nSPS) is 15.5. The van der Waals surface area contributed by atoms with E-state index >= 15 is 0 Å². The van der Waals surface area contributed by atoms with Crippen LogP contribution in [0.1, 0.15) is 24.6 Å². The summed E-state index contributed by atoms with van der Waals surface area (Å²) in [6, 6.07) is 5.69. The smallest absolute Gasteiger partial charge is 0.225 e. The fourth-order valence-electron chi connectivity index (χ4n) is 3.38. The van der Waals surface area contributed by atoms with Crippen molar-refractivity contribution in [3.8, 4) is 5.82 Å². The molecule has 1 saturated heterocycles. The fraction of sp³-hybridized carbons (Fsp3) is 0.294. The molecule has 0 amide bonds. The second-order valence-corrected chi connectivity index (χ2v) is 7.35. The Morgan fingerprint density at radius 3 is 2.59 bits per heavy atom. The van der Waals surface area contributed by atoms with Gasteiger partial charge >= 0.3 is 0 Å². The van der Waals surface area contributed by atoms with Gasteiger partial charge in [0.15, 0.2) is 17.3 Å². The maximum Gasteiger partial charge on any atom is 0.225 e. The summed E-state index contributed by atoms with van der Waals surface area (Å²) in [5, 5.41) is 17.6. The number of nitrogens with zero attached hydrogens (tertiary/aromatic N) is 9. The van der Waals surface area contributed by atoms with Gasteiger partial charge in [-0.15, -0.1) is 15.3 Å². The molecule has 10 heteroatoms. The third kappa shape index (κ3) is 3.05. The molecule has 27 heavy (non-hydrogen) atoms. The molecule has 1 fully saturated rings. The lowest BCUT2D eigenvalue weighted by Crippen LogP contribution is -2.34. The summed E-state index contributed by atoms with van der Waals surface area (Å²) in [7, 11) is 0. The van der Waals surface area contributed by atoms with Crippen molar-refractivity contribution in [3.63, 3.8) is 0 Å². The van der Waals surface area contributed by atoms with Gasteiger partial charge in [-0.1, -0.05) is 0 Å². The van der Waals surface area contributed by atoms with Crippen LogP contribution in [0.3, 0.4) is 0 Å². The Bertz CT molecular complexity index is 1050. The first-order valence-corrected chi connectivity index (χ1v) is 9.52. The molecular weight excluding hydrogens is 410 g/mol. The Labute approximate surface area is 163 Å². The largest absolute Gasteiger partial charge is 0.341 e. The number of halogens is 1. The SMILES string of the molecule is Brc1cnc(N2CCC(c3nnc4ccc(-n5cccn5)nn34)CC2)nc1. The molecule has 9 nitrogen and oxygen atoms in total. The van der Waals surface area contributed by atoms with E-state index in [0.29, 0.717) is 5.92 Å². The summed E-state index contributed by atoms with van der Waals surface area (Å²) in [5.41, 5.74) is 0.750. The molecule has 5 heterocycles. The van der Waals surface area contributed by atoms with Gasteiger partial charge in [0.1, 0.15) is 0 Å². The van der Waals surface area contributed by atoms with E-state index in [0.717, 1.165) is 53.6 Å². The Morgan fingerprint density at radius 2 is 1.85 bits per heavy atom. The number of rotatable bonds is 3. The summed E-state index contributed by atoms with van der Waals surface area (Å²) in [6.07, 6.45) is 9.07. The summed E-state index contributed by atoms with van der Waals surface area (Å²) >= 11 is 3.37. The molecule has 0 N–H and O–H groups in total. The van der Waals surface area contributed by atoms with Gasteiger partial charge in [-0.05, 0) is 47.0 Å². The molecule has 0 spiro atoms. The van der Waals surface area contributed by atoms with E-state index in [1.165, 1.54) is 0 Å². The molecule has 1 aliphatic heterocycles. The Hall–Kier alpha value is -2.88. The molecule has 136 valence electrons. The van der Waals surface area contributed by atoms with Crippen LogP contribution in [0, 0.1) is 0 Å². The van der Waals surface area contributed by atoms with Crippen molar-refractivity contribution in [2.45, 2.75) is 18.8 Å². The summed E-state index contributed by atoms with van der Waals surface area (Å²) in [4.78, 5) is 11.0. The van der Waals surface area contributed by atoms with E-state index in [1.807, 2.05) is 28.9 Å². The van der Waals surface area contributed by atoms with Gasteiger partial charge in [-0.3, -0.25) is 0 Å². The molecule has 0 aromatic carbocycles. The van der Waals surface area contributed by atoms with Crippen LogP contribution in [-0.4, -0.2) is 52.6 Å². The van der Waals surface area contributed by atoms with Crippen LogP contribution in [0.5, 0.6) is 0 Å². The van der Waals surface area contributed by atoms with Gasteiger partial charge < -0.3 is 4.90 Å². The van der Waals surface area contributed by atoms with E-state index in [1.54, 1.807) is 23.3 Å². The standard InChI is InChI=1S/C17H16BrN9/c18-13-10-19-17(20-11-13)25-8-4-12(5-9-25)16-23-22-14-2-3-15(24-27(14)16)26-7-1-6-21-26/h1-3,6-7,10-12H,4-5,8-9H2. The van der Waals surface area contributed by atoms with E-state index in [9.17, 15) is 0 Å². The molecule has 0 atom stereocenters. The summed E-state index contributed by atoms with van der Waals surface area (Å²) in [5.74, 6) is 2.71. The van der Waals surface area contributed by atoms with E-state index in [2.05, 4.69) is 51.2 Å². The second kappa shape index (κ2) is 6.69. The number of anilines is 1. The monoisotopic (exact) mass is 425 g/mol. The van der Waals surface area contributed by atoms with Gasteiger partial charge in [-0.25, -0.2) is 14.6 Å². The van der Waals surface area contributed by atoms with Crippen molar-refractivity contribution >= 4 is 27.5 Å². The zero-order chi connectivity index (χ0) is 18.2. The number of fused-ring (bicyclic) bond motifs is 1. The van der Waals surface area contributed by atoms with Crippen molar-refractivity contribution < 1.29 is 0 Å². The van der Waals surface area contributed by atoms with E-state index in [4.69, 9.17) is 0 Å². The summed E-state index contributed by atoms with van der Waals surface area (Å²) in [6.45, 7) is 1.75. The summed E-state index contributed by atoms with van der Waals surface area (Å²) < 4.78 is 4.46. The van der Waals surface area contributed by atoms with E-state index < -0.39 is 0 Å². The van der Waals surface area contributed by atoms with Crippen molar-refractivity contribution in [1.29, 1.82) is 0 Å². The minimum atomic E-state index is 0.298. The zero-order valence-corrected chi connectivity index (χ0v) is 15.9. The fourth-order valence-corrected chi connectivity index (χ4v) is 3.59. The molecule has 0 unspecified atom stereocenters. The third-order valence-corrected chi connectivity index (χ3v) is 5.17. The molecule has 0 radical (unpaired) electrons. The van der Waals surface area contributed by atoms with Crippen LogP contribution < -0.4 is 4.90 Å². The van der Waals surface area contributed by atoms with Gasteiger partial charge in [0, 0.05) is 43.8 Å². The molecule has 0 aliphatic carbocycles. The maximum atomic E-state index is 4.69. The first-order chi connectivity index (χ1) is 13.3. The molecular formula is C17H16BrN9. The first kappa shape index (κ1) is 16.3. The molecule has 0 saturated carbocycles. The number of hydrogen-bond donors (Lipinski definition) is 0. The Balaban J connectivity index is 1.38. The predicted molar refractivity (Wildman–Crippen MR) is 102 cm³/mol. The van der Waals surface area contributed by atoms with Crippen molar-refractivity contribution in [2.75, 3.05) is 18.0 Å². The number of aromatic nitrogens is 8. The molecule has 4 aromatic rings. The van der Waals surface area contributed by atoms with Crippen molar-refractivity contribution in [2.24, 2.45) is 0 Å². The van der Waals surface area contributed by atoms with Crippen molar-refractivity contribution in [3.05, 3.63) is 53.3 Å². The Kier molecular flexibility index (Phi) is 4.04. The van der Waals surface area contributed by atoms with Crippen molar-refractivity contribution in [1.82, 2.24) is 39.6 Å². The maximum absolute atomic E-state index is 4.69. The quantitative estimate of drug-likeness (QED) is 0.496. The molecule has 1 aliphatic rings. The van der Waals surface area contributed by atoms with Crippen LogP contribution in [0.4, 0.5) is 5.95 Å². The highest BCUT2D eigenvalue weighted by Gasteiger charge is 2.26. The molecule has 5 rings (SSSR count). The van der Waals surface area contributed by atoms with E-state index in [-0.39, 0.29) is 0 Å². The second-order valence-electron chi connectivity index (χ2n) is 6.43. The minimum absolute atomic E-state index is 0.298. The average Bonchev–Trinajstić information content (AvgIpc) is 3.38. The van der Waals surface area contributed by atoms with Gasteiger partial charge in [0.2, 0.25) is 5.95 Å². The first-order valence-electron chi connectivity index (χ1n) is 8.73. The lowest BCUT2D eigenvalue weighted by molar-refractivity contribution is 0.472. The van der Waals surface area contributed by atoms with Crippen LogP contribution >= 0.6 is 15.9 Å². The van der Waals surface area contributed by atoms with Crippen LogP contribution in [0.2, 0.25) is 0 Å². The Morgan fingerprint density at radius 1 is 1.04 bits per heavy atom. The lowest BCUT2D eigenvalue weighted by atomic mass is 9.96. The van der Waals surface area contributed by atoms with Crippen LogP contribution in [-0.2, 0) is 0 Å².